The second kappa shape index (κ2) is 14.2. The molecule has 3 heterocycles. The number of para-hydroxylation sites is 5. The number of anilines is 3. The van der Waals surface area contributed by atoms with Crippen LogP contribution in [0.2, 0.25) is 0 Å². The molecule has 0 radical (unpaired) electrons. The van der Waals surface area contributed by atoms with E-state index in [0.717, 1.165) is 77.8 Å². The van der Waals surface area contributed by atoms with Crippen LogP contribution in [0.25, 0.3) is 88.5 Å². The minimum atomic E-state index is 0.628. The van der Waals surface area contributed by atoms with Crippen LogP contribution in [0.1, 0.15) is 0 Å². The van der Waals surface area contributed by atoms with Gasteiger partial charge < -0.3 is 9.47 Å². The highest BCUT2D eigenvalue weighted by Crippen LogP contribution is 2.42. The van der Waals surface area contributed by atoms with Gasteiger partial charge >= 0.3 is 0 Å². The molecule has 0 aliphatic heterocycles. The lowest BCUT2D eigenvalue weighted by Gasteiger charge is -2.25. The molecule has 9 aromatic carbocycles. The van der Waals surface area contributed by atoms with Gasteiger partial charge in [0.2, 0.25) is 5.95 Å². The van der Waals surface area contributed by atoms with E-state index in [2.05, 4.69) is 232 Å². The fourth-order valence-corrected chi connectivity index (χ4v) is 9.13. The zero-order valence-electron chi connectivity index (χ0n) is 33.1. The third-order valence-corrected chi connectivity index (χ3v) is 11.9. The Morgan fingerprint density at radius 2 is 0.836 bits per heavy atom. The highest BCUT2D eigenvalue weighted by Gasteiger charge is 2.21. The lowest BCUT2D eigenvalue weighted by atomic mass is 10.0. The average molecular weight is 780 g/mol. The van der Waals surface area contributed by atoms with Gasteiger partial charge in [-0.1, -0.05) is 140 Å². The number of aromatic nitrogens is 4. The molecule has 0 unspecified atom stereocenters. The van der Waals surface area contributed by atoms with Crippen LogP contribution >= 0.6 is 0 Å². The Morgan fingerprint density at radius 3 is 1.51 bits per heavy atom. The third kappa shape index (κ3) is 5.78. The maximum Gasteiger partial charge on any atom is 0.235 e. The summed E-state index contributed by atoms with van der Waals surface area (Å²) in [5, 5.41) is 5.74. The largest absolute Gasteiger partial charge is 0.310 e. The maximum absolute atomic E-state index is 5.41. The zero-order chi connectivity index (χ0) is 40.3. The molecule has 5 heteroatoms. The van der Waals surface area contributed by atoms with Crippen LogP contribution in [0.3, 0.4) is 0 Å². The van der Waals surface area contributed by atoms with Gasteiger partial charge in [0.15, 0.2) is 0 Å². The quantitative estimate of drug-likeness (QED) is 0.162. The van der Waals surface area contributed by atoms with Crippen molar-refractivity contribution in [2.24, 2.45) is 0 Å². The van der Waals surface area contributed by atoms with Gasteiger partial charge in [-0.2, -0.15) is 0 Å². The zero-order valence-corrected chi connectivity index (χ0v) is 33.1. The third-order valence-electron chi connectivity index (χ3n) is 11.9. The number of hydrogen-bond donors (Lipinski definition) is 0. The fourth-order valence-electron chi connectivity index (χ4n) is 9.13. The maximum atomic E-state index is 5.41. The van der Waals surface area contributed by atoms with E-state index >= 15 is 0 Å². The Morgan fingerprint density at radius 1 is 0.311 bits per heavy atom. The molecule has 0 N–H and O–H groups in total. The lowest BCUT2D eigenvalue weighted by Crippen LogP contribution is -2.10. The van der Waals surface area contributed by atoms with Gasteiger partial charge in [0, 0.05) is 55.2 Å². The van der Waals surface area contributed by atoms with E-state index in [4.69, 9.17) is 9.97 Å². The molecule has 12 rings (SSSR count). The van der Waals surface area contributed by atoms with Gasteiger partial charge in [0.05, 0.1) is 33.3 Å². The molecule has 0 spiro atoms. The van der Waals surface area contributed by atoms with Crippen LogP contribution in [-0.2, 0) is 0 Å². The molecule has 61 heavy (non-hydrogen) atoms. The van der Waals surface area contributed by atoms with Crippen molar-refractivity contribution in [3.63, 3.8) is 0 Å². The predicted octanol–water partition coefficient (Wildman–Crippen LogP) is 14.6. The average Bonchev–Trinajstić information content (AvgIpc) is 3.84. The monoisotopic (exact) mass is 779 g/mol. The number of rotatable bonds is 7. The Kier molecular flexibility index (Phi) is 8.10. The van der Waals surface area contributed by atoms with Crippen LogP contribution in [0.4, 0.5) is 17.1 Å². The molecule has 0 bridgehead atoms. The molecule has 0 atom stereocenters. The fraction of sp³-hybridized carbons (Fsp3) is 0. The minimum absolute atomic E-state index is 0.628. The summed E-state index contributed by atoms with van der Waals surface area (Å²) < 4.78 is 4.62. The summed E-state index contributed by atoms with van der Waals surface area (Å²) in [5.41, 5.74) is 14.0. The van der Waals surface area contributed by atoms with Gasteiger partial charge in [-0.05, 0) is 96.1 Å². The SMILES string of the molecule is c1ccc(-c2nc(-n3c4ccc(-c5ccc6c(c5)c5ccccc5n6-c5ccccc5)cc4c4ccc(N(c5ccccc5)c5ccccc5)cc43)nc3ccccc23)cc1. The van der Waals surface area contributed by atoms with Crippen molar-refractivity contribution >= 4 is 71.6 Å². The molecule has 3 aromatic heterocycles. The summed E-state index contributed by atoms with van der Waals surface area (Å²) in [4.78, 5) is 13.0. The van der Waals surface area contributed by atoms with E-state index in [9.17, 15) is 0 Å². The number of benzene rings is 9. The predicted molar refractivity (Wildman–Crippen MR) is 254 cm³/mol. The van der Waals surface area contributed by atoms with Crippen molar-refractivity contribution in [3.8, 4) is 34.0 Å². The van der Waals surface area contributed by atoms with Crippen molar-refractivity contribution < 1.29 is 0 Å². The second-order valence-electron chi connectivity index (χ2n) is 15.5. The first-order valence-corrected chi connectivity index (χ1v) is 20.7. The second-order valence-corrected chi connectivity index (χ2v) is 15.5. The topological polar surface area (TPSA) is 38.9 Å². The van der Waals surface area contributed by atoms with Crippen LogP contribution in [0, 0.1) is 0 Å². The first-order valence-electron chi connectivity index (χ1n) is 20.7. The van der Waals surface area contributed by atoms with Gasteiger partial charge in [-0.3, -0.25) is 4.57 Å². The van der Waals surface area contributed by atoms with E-state index in [-0.39, 0.29) is 0 Å². The first-order chi connectivity index (χ1) is 30.3. The van der Waals surface area contributed by atoms with E-state index in [1.165, 1.54) is 21.8 Å². The molecule has 0 saturated heterocycles. The molecule has 286 valence electrons. The smallest absolute Gasteiger partial charge is 0.235 e. The molecular formula is C56H37N5. The van der Waals surface area contributed by atoms with Crippen molar-refractivity contribution in [3.05, 3.63) is 224 Å². The van der Waals surface area contributed by atoms with Gasteiger partial charge in [-0.25, -0.2) is 9.97 Å². The molecular weight excluding hydrogens is 743 g/mol. The normalized spacial score (nSPS) is 11.6. The van der Waals surface area contributed by atoms with Crippen molar-refractivity contribution in [2.45, 2.75) is 0 Å². The van der Waals surface area contributed by atoms with Crippen LogP contribution in [-0.4, -0.2) is 19.1 Å². The van der Waals surface area contributed by atoms with Gasteiger partial charge in [0.1, 0.15) is 0 Å². The van der Waals surface area contributed by atoms with Crippen LogP contribution in [0.15, 0.2) is 224 Å². The lowest BCUT2D eigenvalue weighted by molar-refractivity contribution is 1.01. The van der Waals surface area contributed by atoms with Crippen molar-refractivity contribution in [1.82, 2.24) is 19.1 Å². The summed E-state index contributed by atoms with van der Waals surface area (Å²) in [7, 11) is 0. The number of nitrogens with zero attached hydrogens (tertiary/aromatic N) is 5. The molecule has 0 aliphatic carbocycles. The number of fused-ring (bicyclic) bond motifs is 7. The highest BCUT2D eigenvalue weighted by atomic mass is 15.2. The van der Waals surface area contributed by atoms with E-state index in [0.29, 0.717) is 5.95 Å². The summed E-state index contributed by atoms with van der Waals surface area (Å²) >= 11 is 0. The molecule has 5 nitrogen and oxygen atoms in total. The Balaban J connectivity index is 1.10. The van der Waals surface area contributed by atoms with Gasteiger partial charge in [0.25, 0.3) is 0 Å². The molecule has 0 fully saturated rings. The first kappa shape index (κ1) is 34.7. The Labute approximate surface area is 352 Å². The van der Waals surface area contributed by atoms with Gasteiger partial charge in [-0.15, -0.1) is 0 Å². The summed E-state index contributed by atoms with van der Waals surface area (Å²) in [6.45, 7) is 0. The minimum Gasteiger partial charge on any atom is -0.310 e. The standard InChI is InChI=1S/C56H37N5/c1-5-17-38(18-6-1)55-47-26-13-15-27-50(47)57-56(58-55)61-53-34-30-40(39-29-33-52-48(35-39)45-25-14-16-28-51(45)60(52)43-23-11-4-12-24-43)36-49(53)46-32-31-44(37-54(46)61)59(41-19-7-2-8-20-41)42-21-9-3-10-22-42/h1-37H. The number of hydrogen-bond acceptors (Lipinski definition) is 3. The van der Waals surface area contributed by atoms with E-state index in [1.54, 1.807) is 0 Å². The Bertz CT molecular complexity index is 3540. The van der Waals surface area contributed by atoms with Crippen molar-refractivity contribution in [2.75, 3.05) is 4.90 Å². The summed E-state index contributed by atoms with van der Waals surface area (Å²) in [5.74, 6) is 0.628. The van der Waals surface area contributed by atoms with Crippen LogP contribution in [0.5, 0.6) is 0 Å². The molecule has 0 amide bonds. The Hall–Kier alpha value is -8.28. The molecule has 12 aromatic rings. The summed E-state index contributed by atoms with van der Waals surface area (Å²) in [6.07, 6.45) is 0. The van der Waals surface area contributed by atoms with Crippen LogP contribution < -0.4 is 4.90 Å². The van der Waals surface area contributed by atoms with Crippen molar-refractivity contribution in [1.29, 1.82) is 0 Å². The van der Waals surface area contributed by atoms with E-state index in [1.807, 2.05) is 6.07 Å². The van der Waals surface area contributed by atoms with E-state index < -0.39 is 0 Å². The summed E-state index contributed by atoms with van der Waals surface area (Å²) in [6, 6.07) is 79.7. The molecule has 0 saturated carbocycles. The molecule has 0 aliphatic rings. The highest BCUT2D eigenvalue weighted by molar-refractivity contribution is 6.13.